The number of ether oxygens (including phenoxy) is 2. The average molecular weight is 472 g/mol. The number of nitrogens with zero attached hydrogens (tertiary/aromatic N) is 3. The minimum atomic E-state index is -0.363. The molecule has 33 heavy (non-hydrogen) atoms. The fourth-order valence-corrected chi connectivity index (χ4v) is 3.85. The Morgan fingerprint density at radius 1 is 1.24 bits per heavy atom. The number of halogens is 1. The molecule has 174 valence electrons. The molecular formula is C23H26ClN5O4. The first-order chi connectivity index (χ1) is 16.0. The number of anilines is 1. The Kier molecular flexibility index (Phi) is 7.43. The average Bonchev–Trinajstić information content (AvgIpc) is 3.28. The van der Waals surface area contributed by atoms with E-state index in [0.717, 1.165) is 31.9 Å². The van der Waals surface area contributed by atoms with E-state index < -0.39 is 0 Å². The van der Waals surface area contributed by atoms with Crippen molar-refractivity contribution < 1.29 is 9.47 Å². The number of methoxy groups -OCH3 is 1. The quantitative estimate of drug-likeness (QED) is 0.460. The molecule has 0 bridgehead atoms. The van der Waals surface area contributed by atoms with E-state index in [-0.39, 0.29) is 23.4 Å². The number of rotatable bonds is 9. The minimum Gasteiger partial charge on any atom is -0.487 e. The lowest BCUT2D eigenvalue weighted by atomic mass is 10.3. The normalized spacial score (nSPS) is 15.7. The highest BCUT2D eigenvalue weighted by molar-refractivity contribution is 6.30. The van der Waals surface area contributed by atoms with E-state index in [1.807, 2.05) is 6.07 Å². The van der Waals surface area contributed by atoms with Crippen LogP contribution in [0.3, 0.4) is 0 Å². The molecule has 0 aromatic carbocycles. The largest absolute Gasteiger partial charge is 0.487 e. The Labute approximate surface area is 195 Å². The van der Waals surface area contributed by atoms with Gasteiger partial charge >= 0.3 is 0 Å². The SMILES string of the molecule is COCCNC1CCN(c2ccc(-n3ccc(OCc4ccc(Cl)cn4)cc3=O)c(=O)[nH]2)C1. The summed E-state index contributed by atoms with van der Waals surface area (Å²) in [5.74, 6) is 1.13. The smallest absolute Gasteiger partial charge is 0.273 e. The van der Waals surface area contributed by atoms with Gasteiger partial charge in [0.2, 0.25) is 0 Å². The lowest BCUT2D eigenvalue weighted by molar-refractivity contribution is 0.196. The van der Waals surface area contributed by atoms with Crippen LogP contribution in [0.5, 0.6) is 5.75 Å². The van der Waals surface area contributed by atoms with E-state index in [1.54, 1.807) is 31.4 Å². The maximum Gasteiger partial charge on any atom is 0.273 e. The zero-order valence-corrected chi connectivity index (χ0v) is 19.0. The van der Waals surface area contributed by atoms with Crippen molar-refractivity contribution in [1.29, 1.82) is 0 Å². The number of H-pyrrole nitrogens is 1. The van der Waals surface area contributed by atoms with Crippen LogP contribution in [0.25, 0.3) is 5.69 Å². The molecule has 4 heterocycles. The number of aromatic amines is 1. The summed E-state index contributed by atoms with van der Waals surface area (Å²) < 4.78 is 12.0. The summed E-state index contributed by atoms with van der Waals surface area (Å²) in [5, 5.41) is 3.99. The number of hydrogen-bond acceptors (Lipinski definition) is 7. The lowest BCUT2D eigenvalue weighted by Gasteiger charge is -2.19. The maximum atomic E-state index is 12.7. The molecule has 1 aliphatic heterocycles. The number of pyridine rings is 3. The van der Waals surface area contributed by atoms with Gasteiger partial charge in [0.25, 0.3) is 11.1 Å². The van der Waals surface area contributed by atoms with Crippen LogP contribution in [0, 0.1) is 0 Å². The van der Waals surface area contributed by atoms with Crippen molar-refractivity contribution in [2.45, 2.75) is 19.1 Å². The summed E-state index contributed by atoms with van der Waals surface area (Å²) in [4.78, 5) is 34.6. The Hall–Kier alpha value is -3.14. The van der Waals surface area contributed by atoms with Crippen LogP contribution in [0.2, 0.25) is 5.02 Å². The van der Waals surface area contributed by atoms with Crippen LogP contribution < -0.4 is 26.1 Å². The van der Waals surface area contributed by atoms with Crippen molar-refractivity contribution in [3.05, 3.63) is 80.2 Å². The number of nitrogens with one attached hydrogen (secondary N) is 2. The molecule has 3 aromatic rings. The van der Waals surface area contributed by atoms with Crippen LogP contribution in [0.1, 0.15) is 12.1 Å². The summed E-state index contributed by atoms with van der Waals surface area (Å²) in [6, 6.07) is 10.3. The van der Waals surface area contributed by atoms with Crippen LogP contribution >= 0.6 is 11.6 Å². The van der Waals surface area contributed by atoms with Gasteiger partial charge in [-0.3, -0.25) is 19.1 Å². The molecule has 0 aliphatic carbocycles. The van der Waals surface area contributed by atoms with E-state index in [4.69, 9.17) is 21.1 Å². The molecule has 0 amide bonds. The molecule has 2 N–H and O–H groups in total. The summed E-state index contributed by atoms with van der Waals surface area (Å²) in [6.45, 7) is 3.30. The molecule has 0 radical (unpaired) electrons. The highest BCUT2D eigenvalue weighted by Gasteiger charge is 2.23. The molecule has 9 nitrogen and oxygen atoms in total. The van der Waals surface area contributed by atoms with Gasteiger partial charge < -0.3 is 24.7 Å². The number of aromatic nitrogens is 3. The highest BCUT2D eigenvalue weighted by atomic mass is 35.5. The molecule has 0 saturated carbocycles. The first-order valence-corrected chi connectivity index (χ1v) is 11.1. The minimum absolute atomic E-state index is 0.201. The molecule has 10 heteroatoms. The zero-order valence-electron chi connectivity index (χ0n) is 18.3. The highest BCUT2D eigenvalue weighted by Crippen LogP contribution is 2.18. The molecule has 1 unspecified atom stereocenters. The summed E-state index contributed by atoms with van der Waals surface area (Å²) >= 11 is 5.83. The first kappa shape index (κ1) is 23.0. The van der Waals surface area contributed by atoms with Crippen molar-refractivity contribution in [3.63, 3.8) is 0 Å². The third-order valence-electron chi connectivity index (χ3n) is 5.47. The molecule has 1 saturated heterocycles. The maximum absolute atomic E-state index is 12.7. The first-order valence-electron chi connectivity index (χ1n) is 10.7. The van der Waals surface area contributed by atoms with Gasteiger partial charge in [-0.1, -0.05) is 11.6 Å². The third-order valence-corrected chi connectivity index (χ3v) is 5.69. The van der Waals surface area contributed by atoms with Crippen LogP contribution in [0.15, 0.2) is 58.4 Å². The second-order valence-corrected chi connectivity index (χ2v) is 8.20. The van der Waals surface area contributed by atoms with Gasteiger partial charge in [0.05, 0.1) is 17.3 Å². The summed E-state index contributed by atoms with van der Waals surface area (Å²) in [6.07, 6.45) is 4.05. The van der Waals surface area contributed by atoms with Crippen molar-refractivity contribution >= 4 is 17.4 Å². The lowest BCUT2D eigenvalue weighted by Crippen LogP contribution is -2.35. The topological polar surface area (TPSA) is 101 Å². The van der Waals surface area contributed by atoms with E-state index in [1.165, 1.54) is 23.0 Å². The molecule has 0 spiro atoms. The third kappa shape index (κ3) is 5.81. The monoisotopic (exact) mass is 471 g/mol. The van der Waals surface area contributed by atoms with E-state index in [0.29, 0.717) is 29.1 Å². The van der Waals surface area contributed by atoms with Crippen molar-refractivity contribution in [3.8, 4) is 11.4 Å². The zero-order chi connectivity index (χ0) is 23.2. The van der Waals surface area contributed by atoms with Crippen LogP contribution in [-0.2, 0) is 11.3 Å². The van der Waals surface area contributed by atoms with E-state index >= 15 is 0 Å². The van der Waals surface area contributed by atoms with Crippen LogP contribution in [0.4, 0.5) is 5.82 Å². The van der Waals surface area contributed by atoms with Crippen molar-refractivity contribution in [2.75, 3.05) is 38.3 Å². The predicted molar refractivity (Wildman–Crippen MR) is 127 cm³/mol. The Morgan fingerprint density at radius 3 is 2.85 bits per heavy atom. The van der Waals surface area contributed by atoms with Gasteiger partial charge in [-0.2, -0.15) is 0 Å². The standard InChI is InChI=1S/C23H26ClN5O4/c1-32-11-8-25-17-6-9-28(14-17)21-5-4-20(23(31)27-21)29-10-7-19(12-22(29)30)33-15-18-3-2-16(24)13-26-18/h2-5,7,10,12-13,17,25H,6,8-9,11,14-15H2,1H3,(H,27,31). The number of hydrogen-bond donors (Lipinski definition) is 2. The Bertz CT molecular complexity index is 1190. The van der Waals surface area contributed by atoms with E-state index in [2.05, 4.69) is 20.2 Å². The molecule has 1 fully saturated rings. The van der Waals surface area contributed by atoms with Gasteiger partial charge in [-0.05, 0) is 36.8 Å². The molecular weight excluding hydrogens is 446 g/mol. The molecule has 1 aliphatic rings. The van der Waals surface area contributed by atoms with Gasteiger partial charge in [0.15, 0.2) is 0 Å². The fraction of sp³-hybridized carbons (Fsp3) is 0.348. The van der Waals surface area contributed by atoms with Crippen LogP contribution in [-0.4, -0.2) is 53.9 Å². The second-order valence-electron chi connectivity index (χ2n) is 7.76. The van der Waals surface area contributed by atoms with Crippen molar-refractivity contribution in [1.82, 2.24) is 19.9 Å². The van der Waals surface area contributed by atoms with Gasteiger partial charge in [0, 0.05) is 51.2 Å². The summed E-state index contributed by atoms with van der Waals surface area (Å²) in [5.41, 5.74) is 0.250. The molecule has 4 rings (SSSR count). The van der Waals surface area contributed by atoms with E-state index in [9.17, 15) is 9.59 Å². The van der Waals surface area contributed by atoms with Gasteiger partial charge in [-0.15, -0.1) is 0 Å². The van der Waals surface area contributed by atoms with Gasteiger partial charge in [0.1, 0.15) is 23.9 Å². The van der Waals surface area contributed by atoms with Gasteiger partial charge in [-0.25, -0.2) is 0 Å². The molecule has 3 aromatic heterocycles. The Balaban J connectivity index is 1.42. The Morgan fingerprint density at radius 2 is 2.12 bits per heavy atom. The predicted octanol–water partition coefficient (Wildman–Crippen LogP) is 1.97. The summed E-state index contributed by atoms with van der Waals surface area (Å²) in [7, 11) is 1.68. The fourth-order valence-electron chi connectivity index (χ4n) is 3.74. The van der Waals surface area contributed by atoms with Crippen molar-refractivity contribution in [2.24, 2.45) is 0 Å². The molecule has 1 atom stereocenters. The second kappa shape index (κ2) is 10.7.